The summed E-state index contributed by atoms with van der Waals surface area (Å²) >= 11 is 0. The lowest BCUT2D eigenvalue weighted by atomic mass is 10.0. The number of nitrogens with zero attached hydrogens (tertiary/aromatic N) is 2. The fourth-order valence-corrected chi connectivity index (χ4v) is 3.14. The van der Waals surface area contributed by atoms with Gasteiger partial charge in [0.25, 0.3) is 0 Å². The van der Waals surface area contributed by atoms with E-state index in [4.69, 9.17) is 0 Å². The Bertz CT molecular complexity index is 544. The first kappa shape index (κ1) is 14.2. The predicted molar refractivity (Wildman–Crippen MR) is 83.7 cm³/mol. The topological polar surface area (TPSA) is 36.4 Å². The molecule has 0 spiro atoms. The monoisotopic (exact) mass is 282 g/mol. The zero-order chi connectivity index (χ0) is 14.5. The molecule has 3 nitrogen and oxygen atoms in total. The molecule has 2 aromatic rings. The number of aromatic nitrogens is 1. The van der Waals surface area contributed by atoms with Crippen LogP contribution in [0.3, 0.4) is 0 Å². The van der Waals surface area contributed by atoms with Gasteiger partial charge < -0.3 is 5.11 Å². The normalized spacial score (nSPS) is 20.5. The molecule has 0 saturated carbocycles. The molecular weight excluding hydrogens is 260 g/mol. The predicted octanol–water partition coefficient (Wildman–Crippen LogP) is 3.17. The van der Waals surface area contributed by atoms with Crippen LogP contribution in [-0.2, 0) is 6.54 Å². The van der Waals surface area contributed by atoms with E-state index in [1.165, 1.54) is 6.42 Å². The zero-order valence-electron chi connectivity index (χ0n) is 12.2. The van der Waals surface area contributed by atoms with Crippen LogP contribution < -0.4 is 0 Å². The van der Waals surface area contributed by atoms with Gasteiger partial charge in [-0.15, -0.1) is 0 Å². The van der Waals surface area contributed by atoms with E-state index in [1.807, 2.05) is 48.7 Å². The average molecular weight is 282 g/mol. The SMILES string of the molecule is O[C@H](C[C@@H]1CCCN1Cc1ccccn1)c1ccccc1. The van der Waals surface area contributed by atoms with Gasteiger partial charge in [-0.05, 0) is 43.5 Å². The third-order valence-electron chi connectivity index (χ3n) is 4.27. The van der Waals surface area contributed by atoms with Crippen LogP contribution in [0.1, 0.15) is 36.6 Å². The van der Waals surface area contributed by atoms with Crippen LogP contribution in [0, 0.1) is 0 Å². The van der Waals surface area contributed by atoms with Gasteiger partial charge in [0.05, 0.1) is 11.8 Å². The summed E-state index contributed by atoms with van der Waals surface area (Å²) < 4.78 is 0. The van der Waals surface area contributed by atoms with Crippen molar-refractivity contribution in [2.45, 2.75) is 38.0 Å². The highest BCUT2D eigenvalue weighted by Crippen LogP contribution is 2.28. The molecule has 1 aromatic carbocycles. The number of rotatable bonds is 5. The lowest BCUT2D eigenvalue weighted by Crippen LogP contribution is -2.30. The Morgan fingerprint density at radius 3 is 2.71 bits per heavy atom. The van der Waals surface area contributed by atoms with Gasteiger partial charge in [0.2, 0.25) is 0 Å². The molecular formula is C18H22N2O. The van der Waals surface area contributed by atoms with E-state index in [-0.39, 0.29) is 6.10 Å². The molecule has 1 saturated heterocycles. The third kappa shape index (κ3) is 3.69. The van der Waals surface area contributed by atoms with E-state index < -0.39 is 0 Å². The Kier molecular flexibility index (Phi) is 4.63. The van der Waals surface area contributed by atoms with Crippen molar-refractivity contribution in [1.82, 2.24) is 9.88 Å². The molecule has 3 rings (SSSR count). The molecule has 1 fully saturated rings. The van der Waals surface area contributed by atoms with Crippen LogP contribution in [0.25, 0.3) is 0 Å². The van der Waals surface area contributed by atoms with Gasteiger partial charge in [-0.1, -0.05) is 36.4 Å². The second-order valence-electron chi connectivity index (χ2n) is 5.75. The molecule has 0 aliphatic carbocycles. The van der Waals surface area contributed by atoms with E-state index in [2.05, 4.69) is 16.0 Å². The first-order chi connectivity index (χ1) is 10.3. The second kappa shape index (κ2) is 6.83. The minimum absolute atomic E-state index is 0.375. The summed E-state index contributed by atoms with van der Waals surface area (Å²) in [5, 5.41) is 10.4. The second-order valence-corrected chi connectivity index (χ2v) is 5.75. The molecule has 2 heterocycles. The molecule has 0 amide bonds. The summed E-state index contributed by atoms with van der Waals surface area (Å²) in [5.41, 5.74) is 2.13. The number of aliphatic hydroxyl groups is 1. The average Bonchev–Trinajstić information content (AvgIpc) is 2.96. The molecule has 1 aromatic heterocycles. The van der Waals surface area contributed by atoms with E-state index >= 15 is 0 Å². The van der Waals surface area contributed by atoms with E-state index in [0.29, 0.717) is 6.04 Å². The highest BCUT2D eigenvalue weighted by Gasteiger charge is 2.27. The fourth-order valence-electron chi connectivity index (χ4n) is 3.14. The van der Waals surface area contributed by atoms with Gasteiger partial charge in [-0.25, -0.2) is 0 Å². The summed E-state index contributed by atoms with van der Waals surface area (Å²) in [4.78, 5) is 6.86. The van der Waals surface area contributed by atoms with E-state index in [1.54, 1.807) is 0 Å². The quantitative estimate of drug-likeness (QED) is 0.915. The van der Waals surface area contributed by atoms with Crippen molar-refractivity contribution in [3.63, 3.8) is 0 Å². The molecule has 110 valence electrons. The zero-order valence-corrected chi connectivity index (χ0v) is 12.2. The minimum Gasteiger partial charge on any atom is -0.388 e. The Hall–Kier alpha value is -1.71. The largest absolute Gasteiger partial charge is 0.388 e. The Morgan fingerprint density at radius 2 is 1.95 bits per heavy atom. The van der Waals surface area contributed by atoms with Gasteiger partial charge in [-0.3, -0.25) is 9.88 Å². The lowest BCUT2D eigenvalue weighted by Gasteiger charge is -2.26. The third-order valence-corrected chi connectivity index (χ3v) is 4.27. The number of hydrogen-bond donors (Lipinski definition) is 1. The van der Waals surface area contributed by atoms with Crippen LogP contribution >= 0.6 is 0 Å². The van der Waals surface area contributed by atoms with Gasteiger partial charge in [0.15, 0.2) is 0 Å². The fraction of sp³-hybridized carbons (Fsp3) is 0.389. The maximum atomic E-state index is 10.4. The number of likely N-dealkylation sites (tertiary alicyclic amines) is 1. The number of hydrogen-bond acceptors (Lipinski definition) is 3. The molecule has 0 unspecified atom stereocenters. The molecule has 1 aliphatic rings. The van der Waals surface area contributed by atoms with Crippen molar-refractivity contribution < 1.29 is 5.11 Å². The van der Waals surface area contributed by atoms with Gasteiger partial charge >= 0.3 is 0 Å². The van der Waals surface area contributed by atoms with E-state index in [9.17, 15) is 5.11 Å². The highest BCUT2D eigenvalue weighted by atomic mass is 16.3. The Labute approximate surface area is 126 Å². The van der Waals surface area contributed by atoms with Crippen molar-refractivity contribution >= 4 is 0 Å². The number of aliphatic hydroxyl groups excluding tert-OH is 1. The van der Waals surface area contributed by atoms with Crippen molar-refractivity contribution in [2.75, 3.05) is 6.54 Å². The first-order valence-electron chi connectivity index (χ1n) is 7.70. The van der Waals surface area contributed by atoms with Crippen molar-refractivity contribution in [2.24, 2.45) is 0 Å². The molecule has 1 N–H and O–H groups in total. The summed E-state index contributed by atoms with van der Waals surface area (Å²) in [6, 6.07) is 16.5. The van der Waals surface area contributed by atoms with Gasteiger partial charge in [0.1, 0.15) is 0 Å². The van der Waals surface area contributed by atoms with Crippen LogP contribution in [0.4, 0.5) is 0 Å². The molecule has 1 aliphatic heterocycles. The summed E-state index contributed by atoms with van der Waals surface area (Å²) in [5.74, 6) is 0. The first-order valence-corrected chi connectivity index (χ1v) is 7.70. The molecule has 2 atom stereocenters. The number of benzene rings is 1. The molecule has 0 radical (unpaired) electrons. The minimum atomic E-state index is -0.375. The molecule has 3 heteroatoms. The van der Waals surface area contributed by atoms with Crippen LogP contribution in [0.15, 0.2) is 54.7 Å². The van der Waals surface area contributed by atoms with Crippen molar-refractivity contribution in [3.8, 4) is 0 Å². The summed E-state index contributed by atoms with van der Waals surface area (Å²) in [6.07, 6.45) is 4.65. The van der Waals surface area contributed by atoms with E-state index in [0.717, 1.165) is 37.2 Å². The maximum absolute atomic E-state index is 10.4. The smallest absolute Gasteiger partial charge is 0.0805 e. The summed E-state index contributed by atoms with van der Waals surface area (Å²) in [6.45, 7) is 1.98. The Morgan fingerprint density at radius 1 is 1.14 bits per heavy atom. The van der Waals surface area contributed by atoms with Crippen molar-refractivity contribution in [1.29, 1.82) is 0 Å². The molecule has 0 bridgehead atoms. The van der Waals surface area contributed by atoms with Gasteiger partial charge in [-0.2, -0.15) is 0 Å². The summed E-state index contributed by atoms with van der Waals surface area (Å²) in [7, 11) is 0. The van der Waals surface area contributed by atoms with Crippen molar-refractivity contribution in [3.05, 3.63) is 66.0 Å². The molecule has 21 heavy (non-hydrogen) atoms. The highest BCUT2D eigenvalue weighted by molar-refractivity contribution is 5.17. The standard InChI is InChI=1S/C18H22N2O/c21-18(15-7-2-1-3-8-15)13-17-10-6-12-20(17)14-16-9-4-5-11-19-16/h1-5,7-9,11,17-18,21H,6,10,12-14H2/t17-,18+/m0/s1. The van der Waals surface area contributed by atoms with Crippen LogP contribution in [-0.4, -0.2) is 27.6 Å². The Balaban J connectivity index is 1.62. The maximum Gasteiger partial charge on any atom is 0.0805 e. The lowest BCUT2D eigenvalue weighted by molar-refractivity contribution is 0.117. The number of pyridine rings is 1. The van der Waals surface area contributed by atoms with Crippen LogP contribution in [0.5, 0.6) is 0 Å². The van der Waals surface area contributed by atoms with Gasteiger partial charge in [0, 0.05) is 18.8 Å². The van der Waals surface area contributed by atoms with Crippen LogP contribution in [0.2, 0.25) is 0 Å².